The number of nitrogens with one attached hydrogen (secondary N) is 1. The molecule has 1 atom stereocenters. The number of aliphatic hydroxyl groups is 1. The molecule has 0 saturated heterocycles. The lowest BCUT2D eigenvalue weighted by Crippen LogP contribution is -2.15. The van der Waals surface area contributed by atoms with Crippen LogP contribution in [0.25, 0.3) is 0 Å². The molecule has 1 unspecified atom stereocenters. The summed E-state index contributed by atoms with van der Waals surface area (Å²) in [5.74, 6) is -2.03. The number of rotatable bonds is 4. The molecule has 2 N–H and O–H groups in total. The van der Waals surface area contributed by atoms with Crippen LogP contribution in [0.2, 0.25) is 0 Å². The van der Waals surface area contributed by atoms with Gasteiger partial charge in [-0.1, -0.05) is 12.1 Å². The maximum Gasteiger partial charge on any atom is 0.264 e. The summed E-state index contributed by atoms with van der Waals surface area (Å²) in [4.78, 5) is -0.647. The van der Waals surface area contributed by atoms with Crippen molar-refractivity contribution in [2.45, 2.75) is 17.9 Å². The molecule has 0 heterocycles. The molecular formula is C14H13F2NO3S. The summed E-state index contributed by atoms with van der Waals surface area (Å²) < 4.78 is 52.7. The molecule has 0 aliphatic rings. The van der Waals surface area contributed by atoms with Crippen molar-refractivity contribution in [2.24, 2.45) is 0 Å². The van der Waals surface area contributed by atoms with Crippen molar-refractivity contribution in [3.05, 3.63) is 59.7 Å². The molecular weight excluding hydrogens is 300 g/mol. The largest absolute Gasteiger partial charge is 0.389 e. The molecule has 0 aliphatic heterocycles. The second-order valence-corrected chi connectivity index (χ2v) is 6.13. The molecule has 2 aromatic carbocycles. The van der Waals surface area contributed by atoms with Gasteiger partial charge in [0.25, 0.3) is 10.0 Å². The molecule has 112 valence electrons. The van der Waals surface area contributed by atoms with Gasteiger partial charge < -0.3 is 5.11 Å². The van der Waals surface area contributed by atoms with Crippen LogP contribution in [0, 0.1) is 11.6 Å². The summed E-state index contributed by atoms with van der Waals surface area (Å²) in [7, 11) is -4.18. The Labute approximate surface area is 121 Å². The Morgan fingerprint density at radius 1 is 1.14 bits per heavy atom. The van der Waals surface area contributed by atoms with Gasteiger partial charge in [-0.05, 0) is 36.8 Å². The summed E-state index contributed by atoms with van der Waals surface area (Å²) in [6.45, 7) is 1.53. The second-order valence-electron chi connectivity index (χ2n) is 4.48. The summed E-state index contributed by atoms with van der Waals surface area (Å²) in [6.07, 6.45) is -0.767. The Hall–Kier alpha value is -1.99. The fraction of sp³-hybridized carbons (Fsp3) is 0.143. The van der Waals surface area contributed by atoms with Crippen LogP contribution in [0.5, 0.6) is 0 Å². The van der Waals surface area contributed by atoms with E-state index in [1.807, 2.05) is 0 Å². The zero-order chi connectivity index (χ0) is 15.6. The van der Waals surface area contributed by atoms with Crippen LogP contribution >= 0.6 is 0 Å². The third-order valence-corrected chi connectivity index (χ3v) is 4.22. The molecule has 0 saturated carbocycles. The zero-order valence-electron chi connectivity index (χ0n) is 11.0. The van der Waals surface area contributed by atoms with Crippen molar-refractivity contribution in [1.82, 2.24) is 0 Å². The molecule has 0 aliphatic carbocycles. The summed E-state index contributed by atoms with van der Waals surface area (Å²) in [6, 6.07) is 8.30. The van der Waals surface area contributed by atoms with Crippen LogP contribution in [0.1, 0.15) is 18.6 Å². The number of anilines is 1. The zero-order valence-corrected chi connectivity index (χ0v) is 11.9. The first-order valence-corrected chi connectivity index (χ1v) is 7.54. The van der Waals surface area contributed by atoms with Crippen LogP contribution in [-0.4, -0.2) is 13.5 Å². The van der Waals surface area contributed by atoms with Gasteiger partial charge in [-0.15, -0.1) is 0 Å². The van der Waals surface area contributed by atoms with Crippen molar-refractivity contribution in [3.8, 4) is 0 Å². The summed E-state index contributed by atoms with van der Waals surface area (Å²) >= 11 is 0. The van der Waals surface area contributed by atoms with Crippen molar-refractivity contribution in [2.75, 3.05) is 4.72 Å². The SMILES string of the molecule is CC(O)c1cccc(NS(=O)(=O)c2ccc(F)cc2F)c1. The van der Waals surface area contributed by atoms with E-state index in [9.17, 15) is 22.3 Å². The predicted molar refractivity (Wildman–Crippen MR) is 74.2 cm³/mol. The van der Waals surface area contributed by atoms with E-state index < -0.39 is 32.7 Å². The van der Waals surface area contributed by atoms with E-state index in [0.29, 0.717) is 11.6 Å². The highest BCUT2D eigenvalue weighted by molar-refractivity contribution is 7.92. The van der Waals surface area contributed by atoms with Gasteiger partial charge >= 0.3 is 0 Å². The monoisotopic (exact) mass is 313 g/mol. The number of aliphatic hydroxyl groups excluding tert-OH is 1. The van der Waals surface area contributed by atoms with E-state index in [1.165, 1.54) is 19.1 Å². The number of sulfonamides is 1. The maximum absolute atomic E-state index is 13.6. The molecule has 0 spiro atoms. The minimum Gasteiger partial charge on any atom is -0.389 e. The first-order chi connectivity index (χ1) is 9.79. The van der Waals surface area contributed by atoms with Gasteiger partial charge in [0.05, 0.1) is 6.10 Å². The number of hydrogen-bond donors (Lipinski definition) is 2. The van der Waals surface area contributed by atoms with E-state index in [-0.39, 0.29) is 5.69 Å². The van der Waals surface area contributed by atoms with Gasteiger partial charge in [0.2, 0.25) is 0 Å². The highest BCUT2D eigenvalue weighted by atomic mass is 32.2. The van der Waals surface area contributed by atoms with E-state index in [0.717, 1.165) is 12.1 Å². The van der Waals surface area contributed by atoms with Crippen LogP contribution < -0.4 is 4.72 Å². The normalized spacial score (nSPS) is 13.0. The van der Waals surface area contributed by atoms with Crippen molar-refractivity contribution in [1.29, 1.82) is 0 Å². The maximum atomic E-state index is 13.6. The Morgan fingerprint density at radius 2 is 1.86 bits per heavy atom. The molecule has 0 fully saturated rings. The van der Waals surface area contributed by atoms with Gasteiger partial charge in [-0.25, -0.2) is 17.2 Å². The summed E-state index contributed by atoms with van der Waals surface area (Å²) in [5.41, 5.74) is 0.687. The third kappa shape index (κ3) is 3.56. The quantitative estimate of drug-likeness (QED) is 0.912. The molecule has 7 heteroatoms. The van der Waals surface area contributed by atoms with E-state index >= 15 is 0 Å². The minimum absolute atomic E-state index is 0.178. The van der Waals surface area contributed by atoms with Gasteiger partial charge in [0, 0.05) is 11.8 Å². The van der Waals surface area contributed by atoms with Gasteiger partial charge in [0.15, 0.2) is 0 Å². The van der Waals surface area contributed by atoms with Gasteiger partial charge in [0.1, 0.15) is 16.5 Å². The molecule has 0 aromatic heterocycles. The van der Waals surface area contributed by atoms with Crippen molar-refractivity contribution >= 4 is 15.7 Å². The first kappa shape index (κ1) is 15.4. The van der Waals surface area contributed by atoms with Crippen LogP contribution in [0.3, 0.4) is 0 Å². The number of halogens is 2. The standard InChI is InChI=1S/C14H13F2NO3S/c1-9(18)10-3-2-4-12(7-10)17-21(19,20)14-6-5-11(15)8-13(14)16/h2-9,17-18H,1H3. The van der Waals surface area contributed by atoms with Gasteiger partial charge in [-0.2, -0.15) is 0 Å². The van der Waals surface area contributed by atoms with Crippen LogP contribution in [0.4, 0.5) is 14.5 Å². The molecule has 2 rings (SSSR count). The Kier molecular flexibility index (Phi) is 4.24. The van der Waals surface area contributed by atoms with Crippen LogP contribution in [0.15, 0.2) is 47.4 Å². The Morgan fingerprint density at radius 3 is 2.48 bits per heavy atom. The predicted octanol–water partition coefficient (Wildman–Crippen LogP) is 2.82. The fourth-order valence-electron chi connectivity index (χ4n) is 1.77. The average Bonchev–Trinajstić information content (AvgIpc) is 2.37. The average molecular weight is 313 g/mol. The van der Waals surface area contributed by atoms with Crippen molar-refractivity contribution < 1.29 is 22.3 Å². The van der Waals surface area contributed by atoms with E-state index in [4.69, 9.17) is 0 Å². The van der Waals surface area contributed by atoms with Crippen LogP contribution in [-0.2, 0) is 10.0 Å². The molecule has 21 heavy (non-hydrogen) atoms. The van der Waals surface area contributed by atoms with E-state index in [1.54, 1.807) is 12.1 Å². The Bertz CT molecular complexity index is 761. The van der Waals surface area contributed by atoms with Crippen molar-refractivity contribution in [3.63, 3.8) is 0 Å². The lowest BCUT2D eigenvalue weighted by molar-refractivity contribution is 0.199. The lowest BCUT2D eigenvalue weighted by Gasteiger charge is -2.11. The number of benzene rings is 2. The second kappa shape index (κ2) is 5.79. The van der Waals surface area contributed by atoms with Gasteiger partial charge in [-0.3, -0.25) is 4.72 Å². The highest BCUT2D eigenvalue weighted by Crippen LogP contribution is 2.22. The summed E-state index contributed by atoms with van der Waals surface area (Å²) in [5, 5.41) is 9.46. The number of hydrogen-bond acceptors (Lipinski definition) is 3. The smallest absolute Gasteiger partial charge is 0.264 e. The fourth-order valence-corrected chi connectivity index (χ4v) is 2.88. The minimum atomic E-state index is -4.18. The first-order valence-electron chi connectivity index (χ1n) is 6.05. The van der Waals surface area contributed by atoms with E-state index in [2.05, 4.69) is 4.72 Å². The lowest BCUT2D eigenvalue weighted by atomic mass is 10.1. The molecule has 4 nitrogen and oxygen atoms in total. The third-order valence-electron chi connectivity index (χ3n) is 2.80. The topological polar surface area (TPSA) is 66.4 Å². The molecule has 0 radical (unpaired) electrons. The molecule has 0 bridgehead atoms. The molecule has 0 amide bonds. The molecule has 2 aromatic rings. The highest BCUT2D eigenvalue weighted by Gasteiger charge is 2.19. The Balaban J connectivity index is 2.35.